The fourth-order valence-electron chi connectivity index (χ4n) is 2.62. The molecule has 0 radical (unpaired) electrons. The summed E-state index contributed by atoms with van der Waals surface area (Å²) in [6.45, 7) is 2.75. The molecule has 0 fully saturated rings. The number of thiophene rings is 1. The first-order chi connectivity index (χ1) is 14.7. The zero-order valence-electron chi connectivity index (χ0n) is 16.5. The van der Waals surface area contributed by atoms with Gasteiger partial charge in [0.1, 0.15) is 6.61 Å². The highest BCUT2D eigenvalue weighted by Crippen LogP contribution is 2.29. The summed E-state index contributed by atoms with van der Waals surface area (Å²) in [4.78, 5) is 12.9. The summed E-state index contributed by atoms with van der Waals surface area (Å²) in [5.41, 5.74) is 4.88. The van der Waals surface area contributed by atoms with Crippen molar-refractivity contribution in [2.45, 2.75) is 20.0 Å². The molecule has 0 saturated carbocycles. The van der Waals surface area contributed by atoms with E-state index in [1.807, 2.05) is 54.8 Å². The van der Waals surface area contributed by atoms with Crippen LogP contribution in [0.1, 0.15) is 28.5 Å². The molecule has 1 N–H and O–H groups in total. The Bertz CT molecular complexity index is 1040. The molecule has 1 amide bonds. The fraction of sp³-hybridized carbons (Fsp3) is 0.174. The summed E-state index contributed by atoms with van der Waals surface area (Å²) in [7, 11) is 0. The molecular formula is C23H21N3O3S. The maximum absolute atomic E-state index is 11.9. The van der Waals surface area contributed by atoms with Gasteiger partial charge < -0.3 is 9.47 Å². The Morgan fingerprint density at radius 2 is 2.00 bits per heavy atom. The van der Waals surface area contributed by atoms with Crippen LogP contribution < -0.4 is 14.9 Å². The predicted molar refractivity (Wildman–Crippen MR) is 117 cm³/mol. The zero-order valence-corrected chi connectivity index (χ0v) is 17.3. The third kappa shape index (κ3) is 6.19. The number of hydrogen-bond donors (Lipinski definition) is 1. The van der Waals surface area contributed by atoms with Gasteiger partial charge in [0.2, 0.25) is 5.91 Å². The minimum Gasteiger partial charge on any atom is -0.490 e. The first-order valence-corrected chi connectivity index (χ1v) is 10.3. The van der Waals surface area contributed by atoms with Gasteiger partial charge >= 0.3 is 0 Å². The van der Waals surface area contributed by atoms with Gasteiger partial charge in [-0.15, -0.1) is 11.3 Å². The summed E-state index contributed by atoms with van der Waals surface area (Å²) >= 11 is 1.54. The molecule has 2 aromatic carbocycles. The van der Waals surface area contributed by atoms with E-state index >= 15 is 0 Å². The number of hydrogen-bond acceptors (Lipinski definition) is 6. The van der Waals surface area contributed by atoms with E-state index in [0.29, 0.717) is 36.7 Å². The fourth-order valence-corrected chi connectivity index (χ4v) is 3.32. The highest BCUT2D eigenvalue weighted by Gasteiger charge is 2.07. The Balaban J connectivity index is 1.60. The van der Waals surface area contributed by atoms with E-state index in [2.05, 4.69) is 16.6 Å². The number of nitrogens with one attached hydrogen (secondary N) is 1. The number of nitriles is 1. The van der Waals surface area contributed by atoms with E-state index < -0.39 is 0 Å². The number of hydrazone groups is 1. The third-order valence-corrected chi connectivity index (χ3v) is 4.94. The standard InChI is InChI=1S/C23H21N3O3S/c1-2-28-22-12-19(15-25-26-23(27)13-20-4-3-11-30-20)9-10-21(22)29-16-18-7-5-17(14-24)6-8-18/h3-12,15H,2,13,16H2,1H3,(H,26,27)/b25-15-. The highest BCUT2D eigenvalue weighted by molar-refractivity contribution is 7.10. The van der Waals surface area contributed by atoms with Gasteiger partial charge in [0.15, 0.2) is 11.5 Å². The highest BCUT2D eigenvalue weighted by atomic mass is 32.1. The zero-order chi connectivity index (χ0) is 21.2. The minimum atomic E-state index is -0.166. The largest absolute Gasteiger partial charge is 0.490 e. The first kappa shape index (κ1) is 21.1. The van der Waals surface area contributed by atoms with Gasteiger partial charge in [-0.05, 0) is 59.8 Å². The Labute approximate surface area is 179 Å². The molecule has 0 aliphatic carbocycles. The molecule has 0 unspecified atom stereocenters. The van der Waals surface area contributed by atoms with Crippen LogP contribution in [0, 0.1) is 11.3 Å². The molecule has 3 rings (SSSR count). The quantitative estimate of drug-likeness (QED) is 0.414. The van der Waals surface area contributed by atoms with Crippen molar-refractivity contribution >= 4 is 23.5 Å². The lowest BCUT2D eigenvalue weighted by Crippen LogP contribution is -2.19. The molecule has 152 valence electrons. The van der Waals surface area contributed by atoms with Crippen molar-refractivity contribution < 1.29 is 14.3 Å². The normalized spacial score (nSPS) is 10.5. The average molecular weight is 420 g/mol. The van der Waals surface area contributed by atoms with Gasteiger partial charge in [-0.1, -0.05) is 18.2 Å². The molecule has 30 heavy (non-hydrogen) atoms. The molecule has 0 atom stereocenters. The van der Waals surface area contributed by atoms with E-state index in [0.717, 1.165) is 16.0 Å². The van der Waals surface area contributed by atoms with Crippen molar-refractivity contribution in [1.29, 1.82) is 5.26 Å². The molecule has 0 spiro atoms. The Hall–Kier alpha value is -3.63. The van der Waals surface area contributed by atoms with E-state index in [1.54, 1.807) is 18.3 Å². The summed E-state index contributed by atoms with van der Waals surface area (Å²) in [6, 6.07) is 18.6. The second-order valence-corrected chi connectivity index (χ2v) is 7.32. The molecule has 1 aromatic heterocycles. The summed E-state index contributed by atoms with van der Waals surface area (Å²) in [5.74, 6) is 1.04. The second kappa shape index (κ2) is 10.8. The van der Waals surface area contributed by atoms with Crippen LogP contribution in [0.5, 0.6) is 11.5 Å². The second-order valence-electron chi connectivity index (χ2n) is 6.29. The Kier molecular flexibility index (Phi) is 7.58. The monoisotopic (exact) mass is 419 g/mol. The summed E-state index contributed by atoms with van der Waals surface area (Å²) in [5, 5.41) is 14.8. The van der Waals surface area contributed by atoms with Crippen molar-refractivity contribution in [2.75, 3.05) is 6.61 Å². The number of carbonyl (C=O) groups excluding carboxylic acids is 1. The van der Waals surface area contributed by atoms with E-state index in [1.165, 1.54) is 11.3 Å². The maximum atomic E-state index is 11.9. The Morgan fingerprint density at radius 1 is 1.17 bits per heavy atom. The molecule has 7 heteroatoms. The molecule has 0 aliphatic heterocycles. The van der Waals surface area contributed by atoms with Crippen LogP contribution in [-0.2, 0) is 17.8 Å². The molecule has 0 aliphatic rings. The van der Waals surface area contributed by atoms with E-state index in [-0.39, 0.29) is 5.91 Å². The van der Waals surface area contributed by atoms with Crippen molar-refractivity contribution in [1.82, 2.24) is 5.43 Å². The Morgan fingerprint density at radius 3 is 2.70 bits per heavy atom. The molecule has 6 nitrogen and oxygen atoms in total. The topological polar surface area (TPSA) is 83.7 Å². The summed E-state index contributed by atoms with van der Waals surface area (Å²) in [6.07, 6.45) is 1.88. The van der Waals surface area contributed by atoms with Gasteiger partial charge in [-0.25, -0.2) is 5.43 Å². The lowest BCUT2D eigenvalue weighted by Gasteiger charge is -2.12. The van der Waals surface area contributed by atoms with Crippen molar-refractivity contribution in [3.63, 3.8) is 0 Å². The van der Waals surface area contributed by atoms with Crippen molar-refractivity contribution in [2.24, 2.45) is 5.10 Å². The number of ether oxygens (including phenoxy) is 2. The van der Waals surface area contributed by atoms with Gasteiger partial charge in [0.25, 0.3) is 0 Å². The van der Waals surface area contributed by atoms with Crippen LogP contribution in [-0.4, -0.2) is 18.7 Å². The predicted octanol–water partition coefficient (Wildman–Crippen LogP) is 4.29. The number of carbonyl (C=O) groups is 1. The van der Waals surface area contributed by atoms with Crippen LogP contribution in [0.25, 0.3) is 0 Å². The van der Waals surface area contributed by atoms with Crippen LogP contribution in [0.2, 0.25) is 0 Å². The lowest BCUT2D eigenvalue weighted by atomic mass is 10.1. The number of benzene rings is 2. The van der Waals surface area contributed by atoms with Gasteiger partial charge in [0.05, 0.1) is 30.9 Å². The molecular weight excluding hydrogens is 398 g/mol. The molecule has 1 heterocycles. The molecule has 0 saturated heterocycles. The van der Waals surface area contributed by atoms with Gasteiger partial charge in [-0.3, -0.25) is 4.79 Å². The third-order valence-electron chi connectivity index (χ3n) is 4.06. The maximum Gasteiger partial charge on any atom is 0.245 e. The SMILES string of the molecule is CCOc1cc(/C=N\NC(=O)Cc2cccs2)ccc1OCc1ccc(C#N)cc1. The van der Waals surface area contributed by atoms with Crippen LogP contribution in [0.4, 0.5) is 0 Å². The lowest BCUT2D eigenvalue weighted by molar-refractivity contribution is -0.120. The number of nitrogens with zero attached hydrogens (tertiary/aromatic N) is 2. The summed E-state index contributed by atoms with van der Waals surface area (Å²) < 4.78 is 11.6. The number of amides is 1. The van der Waals surface area contributed by atoms with Crippen LogP contribution in [0.15, 0.2) is 65.1 Å². The smallest absolute Gasteiger partial charge is 0.245 e. The van der Waals surface area contributed by atoms with E-state index in [4.69, 9.17) is 14.7 Å². The molecule has 3 aromatic rings. The first-order valence-electron chi connectivity index (χ1n) is 9.41. The van der Waals surface area contributed by atoms with Gasteiger partial charge in [-0.2, -0.15) is 10.4 Å². The van der Waals surface area contributed by atoms with Gasteiger partial charge in [0, 0.05) is 4.88 Å². The average Bonchev–Trinajstić information content (AvgIpc) is 3.27. The number of rotatable bonds is 9. The van der Waals surface area contributed by atoms with Crippen LogP contribution in [0.3, 0.4) is 0 Å². The van der Waals surface area contributed by atoms with Crippen molar-refractivity contribution in [3.05, 3.63) is 81.5 Å². The van der Waals surface area contributed by atoms with E-state index in [9.17, 15) is 4.79 Å². The molecule has 0 bridgehead atoms. The van der Waals surface area contributed by atoms with Crippen molar-refractivity contribution in [3.8, 4) is 17.6 Å². The minimum absolute atomic E-state index is 0.166. The van der Waals surface area contributed by atoms with Crippen LogP contribution >= 0.6 is 11.3 Å².